The second-order valence-electron chi connectivity index (χ2n) is 8.70. The van der Waals surface area contributed by atoms with Crippen LogP contribution < -0.4 is 11.1 Å². The van der Waals surface area contributed by atoms with Gasteiger partial charge < -0.3 is 36.0 Å². The molecule has 3 N–H and O–H groups in total. The molecule has 30 heavy (non-hydrogen) atoms. The van der Waals surface area contributed by atoms with Crippen molar-refractivity contribution >= 4 is 11.8 Å². The monoisotopic (exact) mass is 413 g/mol. The quantitative estimate of drug-likeness (QED) is 0.726. The number of ether oxygens (including phenoxy) is 1. The van der Waals surface area contributed by atoms with E-state index in [0.29, 0.717) is 37.9 Å². The van der Waals surface area contributed by atoms with Crippen LogP contribution in [0.25, 0.3) is 5.43 Å². The van der Waals surface area contributed by atoms with Gasteiger partial charge in [0, 0.05) is 44.5 Å². The van der Waals surface area contributed by atoms with Crippen LogP contribution in [0.2, 0.25) is 0 Å². The van der Waals surface area contributed by atoms with Gasteiger partial charge in [-0.25, -0.2) is 0 Å². The van der Waals surface area contributed by atoms with E-state index in [1.165, 1.54) is 0 Å². The Morgan fingerprint density at radius 2 is 1.73 bits per heavy atom. The zero-order valence-corrected chi connectivity index (χ0v) is 17.1. The first kappa shape index (κ1) is 19.9. The smallest absolute Gasteiger partial charge is 0.253 e. The summed E-state index contributed by atoms with van der Waals surface area (Å²) >= 11 is 0. The van der Waals surface area contributed by atoms with Gasteiger partial charge >= 0.3 is 0 Å². The van der Waals surface area contributed by atoms with E-state index >= 15 is 0 Å². The molecule has 1 aromatic carbocycles. The highest BCUT2D eigenvalue weighted by Crippen LogP contribution is 2.36. The van der Waals surface area contributed by atoms with Crippen molar-refractivity contribution < 1.29 is 14.3 Å². The van der Waals surface area contributed by atoms with Crippen LogP contribution in [0.15, 0.2) is 24.3 Å². The summed E-state index contributed by atoms with van der Waals surface area (Å²) in [6, 6.07) is 8.03. The van der Waals surface area contributed by atoms with Crippen molar-refractivity contribution in [1.82, 2.24) is 20.1 Å². The van der Waals surface area contributed by atoms with E-state index in [4.69, 9.17) is 15.9 Å². The number of hydrogen-bond acceptors (Lipinski definition) is 6. The molecule has 4 heterocycles. The van der Waals surface area contributed by atoms with Crippen molar-refractivity contribution in [2.24, 2.45) is 5.73 Å². The van der Waals surface area contributed by atoms with E-state index in [2.05, 4.69) is 10.3 Å². The molecule has 0 aliphatic carbocycles. The van der Waals surface area contributed by atoms with Gasteiger partial charge in [-0.3, -0.25) is 9.59 Å². The maximum Gasteiger partial charge on any atom is 0.253 e. The molecule has 4 aliphatic heterocycles. The van der Waals surface area contributed by atoms with Crippen molar-refractivity contribution in [3.63, 3.8) is 0 Å². The van der Waals surface area contributed by atoms with E-state index in [1.807, 2.05) is 29.2 Å². The fourth-order valence-electron chi connectivity index (χ4n) is 4.69. The molecular weight excluding hydrogens is 384 g/mol. The van der Waals surface area contributed by atoms with Crippen molar-refractivity contribution in [3.8, 4) is 0 Å². The van der Waals surface area contributed by atoms with E-state index in [0.717, 1.165) is 31.5 Å². The minimum absolute atomic E-state index is 0.00692. The fourth-order valence-corrected chi connectivity index (χ4v) is 4.69. The molecule has 0 aromatic heterocycles. The summed E-state index contributed by atoms with van der Waals surface area (Å²) in [5, 5.41) is 5.62. The topological polar surface area (TPSA) is 105 Å². The maximum atomic E-state index is 12.9. The molecule has 2 atom stereocenters. The largest absolute Gasteiger partial charge is 0.587 e. The Balaban J connectivity index is 1.16. The fraction of sp³-hybridized carbons (Fsp3) is 0.619. The SMILES string of the molecule is NC1(C(=O)N2CCN(C(=O)c3ccc(C4CCC5NCCN5[N-]4)cc3)CC2)COC1. The van der Waals surface area contributed by atoms with Crippen LogP contribution in [0, 0.1) is 0 Å². The highest BCUT2D eigenvalue weighted by atomic mass is 16.5. The van der Waals surface area contributed by atoms with E-state index in [1.54, 1.807) is 4.90 Å². The average molecular weight is 414 g/mol. The number of rotatable bonds is 3. The molecule has 2 unspecified atom stereocenters. The van der Waals surface area contributed by atoms with Gasteiger partial charge in [0.1, 0.15) is 5.54 Å². The third kappa shape index (κ3) is 3.61. The van der Waals surface area contributed by atoms with Gasteiger partial charge in [-0.15, -0.1) is 0 Å². The summed E-state index contributed by atoms with van der Waals surface area (Å²) in [4.78, 5) is 29.0. The van der Waals surface area contributed by atoms with Crippen molar-refractivity contribution in [1.29, 1.82) is 0 Å². The van der Waals surface area contributed by atoms with Crippen LogP contribution >= 0.6 is 0 Å². The zero-order chi connectivity index (χ0) is 20.7. The third-order valence-electron chi connectivity index (χ3n) is 6.62. The lowest BCUT2D eigenvalue weighted by molar-refractivity contribution is -0.155. The molecule has 4 aliphatic rings. The molecule has 0 spiro atoms. The average Bonchev–Trinajstić information content (AvgIpc) is 3.24. The normalized spacial score (nSPS) is 28.7. The Bertz CT molecular complexity index is 803. The van der Waals surface area contributed by atoms with Gasteiger partial charge in [0.25, 0.3) is 5.91 Å². The lowest BCUT2D eigenvalue weighted by Crippen LogP contribution is -2.68. The van der Waals surface area contributed by atoms with Crippen molar-refractivity contribution in [2.45, 2.75) is 30.6 Å². The number of piperazine rings is 1. The Morgan fingerprint density at radius 1 is 1.03 bits per heavy atom. The van der Waals surface area contributed by atoms with Gasteiger partial charge in [0.15, 0.2) is 0 Å². The molecule has 9 heteroatoms. The predicted octanol–water partition coefficient (Wildman–Crippen LogP) is 0.0536. The predicted molar refractivity (Wildman–Crippen MR) is 110 cm³/mol. The second kappa shape index (κ2) is 7.90. The molecule has 1 aromatic rings. The Hall–Kier alpha value is -2.04. The number of nitrogens with one attached hydrogen (secondary N) is 1. The molecule has 4 saturated heterocycles. The molecular formula is C21H29N6O3-. The van der Waals surface area contributed by atoms with Crippen LogP contribution in [0.3, 0.4) is 0 Å². The Morgan fingerprint density at radius 3 is 2.40 bits per heavy atom. The number of carbonyl (C=O) groups is 2. The second-order valence-corrected chi connectivity index (χ2v) is 8.70. The molecule has 162 valence electrons. The number of hydrogen-bond donors (Lipinski definition) is 2. The summed E-state index contributed by atoms with van der Waals surface area (Å²) in [5.74, 6) is -0.0654. The van der Waals surface area contributed by atoms with Crippen LogP contribution in [0.5, 0.6) is 0 Å². The molecule has 9 nitrogen and oxygen atoms in total. The number of nitrogens with zero attached hydrogens (tertiary/aromatic N) is 4. The van der Waals surface area contributed by atoms with Crippen molar-refractivity contribution in [2.75, 3.05) is 52.5 Å². The third-order valence-corrected chi connectivity index (χ3v) is 6.62. The summed E-state index contributed by atoms with van der Waals surface area (Å²) in [6.07, 6.45) is 2.50. The standard InChI is InChI=1S/C21H29N6O3/c22-21(13-30-14-21)20(29)26-11-9-25(10-12-26)19(28)16-3-1-15(2-4-16)17-5-6-18-23-7-8-27(18)24-17/h1-4,17-18,23H,5-14,22H2/q-1. The van der Waals surface area contributed by atoms with Gasteiger partial charge in [-0.05, 0) is 25.1 Å². The molecule has 0 radical (unpaired) electrons. The van der Waals surface area contributed by atoms with Crippen LogP contribution in [-0.2, 0) is 9.53 Å². The van der Waals surface area contributed by atoms with E-state index < -0.39 is 5.54 Å². The first-order chi connectivity index (χ1) is 14.5. The van der Waals surface area contributed by atoms with Crippen LogP contribution in [0.4, 0.5) is 0 Å². The first-order valence-corrected chi connectivity index (χ1v) is 10.8. The van der Waals surface area contributed by atoms with Crippen LogP contribution in [-0.4, -0.2) is 90.8 Å². The first-order valence-electron chi connectivity index (χ1n) is 10.8. The Kier molecular flexibility index (Phi) is 5.24. The molecule has 4 fully saturated rings. The lowest BCUT2D eigenvalue weighted by atomic mass is 9.96. The van der Waals surface area contributed by atoms with E-state index in [-0.39, 0.29) is 31.1 Å². The summed E-state index contributed by atoms with van der Waals surface area (Å²) in [5.41, 5.74) is 11.9. The highest BCUT2D eigenvalue weighted by Gasteiger charge is 2.45. The number of nitrogens with two attached hydrogens (primary N) is 1. The van der Waals surface area contributed by atoms with Crippen LogP contribution in [0.1, 0.15) is 34.8 Å². The minimum Gasteiger partial charge on any atom is -0.587 e. The lowest BCUT2D eigenvalue weighted by Gasteiger charge is -2.49. The number of carbonyl (C=O) groups excluding carboxylic acids is 2. The maximum absolute atomic E-state index is 12.9. The Labute approximate surface area is 176 Å². The van der Waals surface area contributed by atoms with Gasteiger partial charge in [0.2, 0.25) is 5.91 Å². The highest BCUT2D eigenvalue weighted by molar-refractivity contribution is 5.94. The minimum atomic E-state index is -0.878. The molecule has 0 bridgehead atoms. The zero-order valence-electron chi connectivity index (χ0n) is 17.1. The summed E-state index contributed by atoms with van der Waals surface area (Å²) < 4.78 is 5.09. The molecule has 2 amide bonds. The summed E-state index contributed by atoms with van der Waals surface area (Å²) in [6.45, 7) is 4.56. The van der Waals surface area contributed by atoms with E-state index in [9.17, 15) is 9.59 Å². The van der Waals surface area contributed by atoms with Gasteiger partial charge in [-0.1, -0.05) is 30.2 Å². The van der Waals surface area contributed by atoms with Gasteiger partial charge in [0.05, 0.1) is 13.2 Å². The summed E-state index contributed by atoms with van der Waals surface area (Å²) in [7, 11) is 0. The molecule has 0 saturated carbocycles. The molecule has 5 rings (SSSR count). The van der Waals surface area contributed by atoms with Crippen molar-refractivity contribution in [3.05, 3.63) is 40.8 Å². The number of fused-ring (bicyclic) bond motifs is 1. The van der Waals surface area contributed by atoms with Gasteiger partial charge in [-0.2, -0.15) is 0 Å². The number of benzene rings is 1. The number of amides is 2.